The van der Waals surface area contributed by atoms with Crippen LogP contribution in [0.4, 0.5) is 5.69 Å². The number of benzene rings is 2. The van der Waals surface area contributed by atoms with Crippen molar-refractivity contribution in [3.05, 3.63) is 60.2 Å². The number of ether oxygens (including phenoxy) is 1. The molecule has 1 amide bonds. The van der Waals surface area contributed by atoms with Gasteiger partial charge in [-0.05, 0) is 30.7 Å². The minimum absolute atomic E-state index is 0.0495. The summed E-state index contributed by atoms with van der Waals surface area (Å²) >= 11 is 0. The van der Waals surface area contributed by atoms with Crippen LogP contribution in [0.25, 0.3) is 0 Å². The van der Waals surface area contributed by atoms with E-state index < -0.39 is 0 Å². The third-order valence-electron chi connectivity index (χ3n) is 5.61. The number of amides is 1. The van der Waals surface area contributed by atoms with Crippen LogP contribution in [-0.4, -0.2) is 19.6 Å². The van der Waals surface area contributed by atoms with Crippen LogP contribution in [0.2, 0.25) is 0 Å². The molecular formula is C27H40N2O2. The predicted molar refractivity (Wildman–Crippen MR) is 131 cm³/mol. The molecule has 1 atom stereocenters. The van der Waals surface area contributed by atoms with Crippen LogP contribution in [0.1, 0.15) is 82.7 Å². The van der Waals surface area contributed by atoms with Crippen molar-refractivity contribution in [1.29, 1.82) is 0 Å². The molecule has 0 spiro atoms. The molecule has 0 aliphatic heterocycles. The van der Waals surface area contributed by atoms with E-state index in [1.807, 2.05) is 54.6 Å². The first kappa shape index (κ1) is 24.9. The lowest BCUT2D eigenvalue weighted by Crippen LogP contribution is -2.33. The number of anilines is 1. The Morgan fingerprint density at radius 2 is 1.48 bits per heavy atom. The number of carbonyl (C=O) groups is 1. The molecule has 0 aliphatic rings. The number of nitrogens with one attached hydrogen (secondary N) is 2. The van der Waals surface area contributed by atoms with Gasteiger partial charge in [0, 0.05) is 11.8 Å². The molecule has 0 aliphatic carbocycles. The van der Waals surface area contributed by atoms with Crippen molar-refractivity contribution < 1.29 is 9.53 Å². The highest BCUT2D eigenvalue weighted by Gasteiger charge is 2.20. The van der Waals surface area contributed by atoms with E-state index in [4.69, 9.17) is 4.74 Å². The monoisotopic (exact) mass is 424 g/mol. The largest absolute Gasteiger partial charge is 0.497 e. The molecule has 2 aromatic rings. The average molecular weight is 425 g/mol. The van der Waals surface area contributed by atoms with Crippen molar-refractivity contribution in [2.75, 3.05) is 19.0 Å². The molecule has 0 heterocycles. The third-order valence-corrected chi connectivity index (χ3v) is 5.61. The van der Waals surface area contributed by atoms with Gasteiger partial charge < -0.3 is 15.4 Å². The van der Waals surface area contributed by atoms with Crippen molar-refractivity contribution in [2.24, 2.45) is 0 Å². The average Bonchev–Trinajstić information content (AvgIpc) is 2.80. The van der Waals surface area contributed by atoms with Gasteiger partial charge in [-0.2, -0.15) is 0 Å². The van der Waals surface area contributed by atoms with Crippen LogP contribution in [0, 0.1) is 0 Å². The standard InChI is InChI=1S/C27H40N2O2/c1-3-4-5-6-7-8-9-10-11-15-21-28-26(23-17-13-12-14-18-23)27(30)29-24-19-16-20-25(22-24)31-2/h12-14,16-20,22,26,28H,3-11,15,21H2,1-2H3,(H,29,30)/t26-/m1/s1. The molecule has 31 heavy (non-hydrogen) atoms. The number of methoxy groups -OCH3 is 1. The van der Waals surface area contributed by atoms with E-state index in [9.17, 15) is 4.79 Å². The van der Waals surface area contributed by atoms with Crippen LogP contribution in [0.3, 0.4) is 0 Å². The maximum absolute atomic E-state index is 13.0. The van der Waals surface area contributed by atoms with Crippen molar-refractivity contribution in [2.45, 2.75) is 77.2 Å². The molecule has 0 bridgehead atoms. The Hall–Kier alpha value is -2.33. The van der Waals surface area contributed by atoms with Gasteiger partial charge >= 0.3 is 0 Å². The molecule has 0 saturated heterocycles. The lowest BCUT2D eigenvalue weighted by Gasteiger charge is -2.19. The van der Waals surface area contributed by atoms with E-state index in [1.54, 1.807) is 7.11 Å². The second-order valence-electron chi connectivity index (χ2n) is 8.20. The molecule has 4 heteroatoms. The summed E-state index contributed by atoms with van der Waals surface area (Å²) < 4.78 is 5.26. The highest BCUT2D eigenvalue weighted by molar-refractivity contribution is 5.95. The van der Waals surface area contributed by atoms with Crippen molar-refractivity contribution in [3.8, 4) is 5.75 Å². The first-order valence-corrected chi connectivity index (χ1v) is 12.0. The summed E-state index contributed by atoms with van der Waals surface area (Å²) in [5.74, 6) is 0.680. The van der Waals surface area contributed by atoms with E-state index >= 15 is 0 Å². The Morgan fingerprint density at radius 1 is 0.839 bits per heavy atom. The van der Waals surface area contributed by atoms with Crippen LogP contribution in [-0.2, 0) is 4.79 Å². The molecule has 0 unspecified atom stereocenters. The van der Waals surface area contributed by atoms with Gasteiger partial charge in [0.15, 0.2) is 0 Å². The number of hydrogen-bond donors (Lipinski definition) is 2. The molecule has 2 aromatic carbocycles. The molecule has 0 radical (unpaired) electrons. The lowest BCUT2D eigenvalue weighted by atomic mass is 10.0. The second kappa shape index (κ2) is 15.5. The van der Waals surface area contributed by atoms with Gasteiger partial charge in [-0.3, -0.25) is 4.79 Å². The Balaban J connectivity index is 1.76. The van der Waals surface area contributed by atoms with Gasteiger partial charge in [0.25, 0.3) is 0 Å². The van der Waals surface area contributed by atoms with Gasteiger partial charge in [0.05, 0.1) is 7.11 Å². The molecule has 170 valence electrons. The van der Waals surface area contributed by atoms with Crippen LogP contribution >= 0.6 is 0 Å². The highest BCUT2D eigenvalue weighted by atomic mass is 16.5. The maximum atomic E-state index is 13.0. The molecule has 2 rings (SSSR count). The van der Waals surface area contributed by atoms with E-state index in [0.717, 1.165) is 30.0 Å². The van der Waals surface area contributed by atoms with Gasteiger partial charge in [-0.25, -0.2) is 0 Å². The quantitative estimate of drug-likeness (QED) is 0.289. The molecule has 0 aromatic heterocycles. The second-order valence-corrected chi connectivity index (χ2v) is 8.20. The van der Waals surface area contributed by atoms with Gasteiger partial charge in [-0.15, -0.1) is 0 Å². The fourth-order valence-corrected chi connectivity index (χ4v) is 3.78. The summed E-state index contributed by atoms with van der Waals surface area (Å²) in [5, 5.41) is 6.49. The summed E-state index contributed by atoms with van der Waals surface area (Å²) in [6.45, 7) is 3.10. The normalized spacial score (nSPS) is 11.8. The topological polar surface area (TPSA) is 50.4 Å². The minimum Gasteiger partial charge on any atom is -0.497 e. The molecule has 4 nitrogen and oxygen atoms in total. The van der Waals surface area contributed by atoms with E-state index in [1.165, 1.54) is 57.8 Å². The van der Waals surface area contributed by atoms with E-state index in [0.29, 0.717) is 0 Å². The van der Waals surface area contributed by atoms with Crippen molar-refractivity contribution in [3.63, 3.8) is 0 Å². The first-order chi connectivity index (χ1) is 15.2. The van der Waals surface area contributed by atoms with E-state index in [2.05, 4.69) is 17.6 Å². The zero-order chi connectivity index (χ0) is 22.2. The molecular weight excluding hydrogens is 384 g/mol. The Morgan fingerprint density at radius 3 is 2.13 bits per heavy atom. The van der Waals surface area contributed by atoms with Gasteiger partial charge in [0.2, 0.25) is 5.91 Å². The van der Waals surface area contributed by atoms with Crippen molar-refractivity contribution >= 4 is 11.6 Å². The molecule has 0 saturated carbocycles. The van der Waals surface area contributed by atoms with Crippen molar-refractivity contribution in [1.82, 2.24) is 5.32 Å². The predicted octanol–water partition coefficient (Wildman–Crippen LogP) is 6.89. The molecule has 0 fully saturated rings. The molecule has 2 N–H and O–H groups in total. The number of carbonyl (C=O) groups excluding carboxylic acids is 1. The third kappa shape index (κ3) is 10.0. The highest BCUT2D eigenvalue weighted by Crippen LogP contribution is 2.20. The summed E-state index contributed by atoms with van der Waals surface area (Å²) in [6, 6.07) is 17.0. The SMILES string of the molecule is CCCCCCCCCCCCN[C@@H](C(=O)Nc1cccc(OC)c1)c1ccccc1. The fourth-order valence-electron chi connectivity index (χ4n) is 3.78. The Labute approximate surface area is 188 Å². The minimum atomic E-state index is -0.369. The van der Waals surface area contributed by atoms with Gasteiger partial charge in [0.1, 0.15) is 11.8 Å². The van der Waals surface area contributed by atoms with Crippen LogP contribution < -0.4 is 15.4 Å². The zero-order valence-corrected chi connectivity index (χ0v) is 19.4. The van der Waals surface area contributed by atoms with E-state index in [-0.39, 0.29) is 11.9 Å². The van der Waals surface area contributed by atoms with Crippen LogP contribution in [0.15, 0.2) is 54.6 Å². The smallest absolute Gasteiger partial charge is 0.246 e. The summed E-state index contributed by atoms with van der Waals surface area (Å²) in [4.78, 5) is 13.0. The summed E-state index contributed by atoms with van der Waals surface area (Å²) in [7, 11) is 1.63. The number of unbranched alkanes of at least 4 members (excludes halogenated alkanes) is 9. The number of rotatable bonds is 16. The summed E-state index contributed by atoms with van der Waals surface area (Å²) in [6.07, 6.45) is 13.1. The Bertz CT molecular complexity index is 733. The lowest BCUT2D eigenvalue weighted by molar-refractivity contribution is -0.118. The summed E-state index contributed by atoms with van der Waals surface area (Å²) in [5.41, 5.74) is 1.72. The maximum Gasteiger partial charge on any atom is 0.246 e. The van der Waals surface area contributed by atoms with Crippen LogP contribution in [0.5, 0.6) is 5.75 Å². The zero-order valence-electron chi connectivity index (χ0n) is 19.4. The Kier molecular flexibility index (Phi) is 12.4. The number of hydrogen-bond acceptors (Lipinski definition) is 3. The van der Waals surface area contributed by atoms with Gasteiger partial charge in [-0.1, -0.05) is 101 Å². The first-order valence-electron chi connectivity index (χ1n) is 12.0. The fraction of sp³-hybridized carbons (Fsp3) is 0.519.